The lowest BCUT2D eigenvalue weighted by atomic mass is 10.2. The van der Waals surface area contributed by atoms with Crippen LogP contribution in [-0.4, -0.2) is 29.8 Å². The van der Waals surface area contributed by atoms with Gasteiger partial charge in [0.25, 0.3) is 0 Å². The molecule has 0 saturated heterocycles. The van der Waals surface area contributed by atoms with Gasteiger partial charge in [-0.25, -0.2) is 9.59 Å². The van der Waals surface area contributed by atoms with Gasteiger partial charge in [0.2, 0.25) is 0 Å². The number of halogens is 1. The molecule has 1 rings (SSSR count). The van der Waals surface area contributed by atoms with Crippen molar-refractivity contribution in [2.75, 3.05) is 6.07 Å². The van der Waals surface area contributed by atoms with Gasteiger partial charge in [0.1, 0.15) is 11.6 Å². The summed E-state index contributed by atoms with van der Waals surface area (Å²) in [5, 5.41) is 4.40. The standard InChI is InChI=1S/C13H18ClNO4S/c1-13(2,3)19-12(17)15-10(11(16)18-8-14)7-9-5-4-6-20-9/h4-6,10H,7-8H2,1-3H3,(H,15,17)/t10-/m1/s1. The number of ether oxygens (including phenoxy) is 2. The van der Waals surface area contributed by atoms with Crippen LogP contribution < -0.4 is 5.32 Å². The van der Waals surface area contributed by atoms with Gasteiger partial charge in [-0.1, -0.05) is 17.7 Å². The highest BCUT2D eigenvalue weighted by atomic mass is 35.5. The highest BCUT2D eigenvalue weighted by Gasteiger charge is 2.26. The fraction of sp³-hybridized carbons (Fsp3) is 0.538. The van der Waals surface area contributed by atoms with Crippen molar-refractivity contribution in [2.45, 2.75) is 38.8 Å². The summed E-state index contributed by atoms with van der Waals surface area (Å²) in [6, 6.07) is 2.68. The lowest BCUT2D eigenvalue weighted by Crippen LogP contribution is -2.45. The maximum atomic E-state index is 11.8. The van der Waals surface area contributed by atoms with Crippen LogP contribution >= 0.6 is 22.9 Å². The van der Waals surface area contributed by atoms with Gasteiger partial charge in [0.15, 0.2) is 6.07 Å². The summed E-state index contributed by atoms with van der Waals surface area (Å²) in [4.78, 5) is 24.5. The summed E-state index contributed by atoms with van der Waals surface area (Å²) in [6.07, 6.45) is -0.322. The van der Waals surface area contributed by atoms with E-state index in [0.717, 1.165) is 4.88 Å². The molecule has 0 aliphatic carbocycles. The fourth-order valence-electron chi connectivity index (χ4n) is 1.43. The average Bonchev–Trinajstić information content (AvgIpc) is 2.78. The first-order valence-electron chi connectivity index (χ1n) is 6.06. The Hall–Kier alpha value is -1.27. The first-order chi connectivity index (χ1) is 9.31. The van der Waals surface area contributed by atoms with E-state index in [-0.39, 0.29) is 6.07 Å². The molecular weight excluding hydrogens is 302 g/mol. The van der Waals surface area contributed by atoms with Gasteiger partial charge < -0.3 is 14.8 Å². The normalized spacial score (nSPS) is 12.6. The molecular formula is C13H18ClNO4S. The van der Waals surface area contributed by atoms with E-state index < -0.39 is 23.7 Å². The number of carbonyl (C=O) groups is 2. The Labute approximate surface area is 127 Å². The van der Waals surface area contributed by atoms with Crippen molar-refractivity contribution in [2.24, 2.45) is 0 Å². The number of nitrogens with one attached hydrogen (secondary N) is 1. The zero-order chi connectivity index (χ0) is 15.2. The van der Waals surface area contributed by atoms with Gasteiger partial charge in [-0.15, -0.1) is 11.3 Å². The molecule has 0 fully saturated rings. The van der Waals surface area contributed by atoms with Gasteiger partial charge in [-0.05, 0) is 32.2 Å². The van der Waals surface area contributed by atoms with E-state index in [1.165, 1.54) is 11.3 Å². The number of rotatable bonds is 5. The number of alkyl halides is 1. The Morgan fingerprint density at radius 3 is 2.65 bits per heavy atom. The summed E-state index contributed by atoms with van der Waals surface area (Å²) < 4.78 is 9.87. The van der Waals surface area contributed by atoms with Crippen molar-refractivity contribution in [1.29, 1.82) is 0 Å². The quantitative estimate of drug-likeness (QED) is 0.669. The van der Waals surface area contributed by atoms with Crippen molar-refractivity contribution in [1.82, 2.24) is 5.32 Å². The lowest BCUT2D eigenvalue weighted by molar-refractivity contribution is -0.144. The Kier molecular flexibility index (Phi) is 6.29. The van der Waals surface area contributed by atoms with Crippen LogP contribution in [0.15, 0.2) is 17.5 Å². The van der Waals surface area contributed by atoms with E-state index in [9.17, 15) is 9.59 Å². The average molecular weight is 320 g/mol. The van der Waals surface area contributed by atoms with Gasteiger partial charge in [0.05, 0.1) is 0 Å². The minimum Gasteiger partial charge on any atom is -0.448 e. The highest BCUT2D eigenvalue weighted by molar-refractivity contribution is 7.09. The predicted octanol–water partition coefficient (Wildman–Crippen LogP) is 2.92. The zero-order valence-electron chi connectivity index (χ0n) is 11.6. The Bertz CT molecular complexity index is 442. The van der Waals surface area contributed by atoms with E-state index in [2.05, 4.69) is 5.32 Å². The second-order valence-electron chi connectivity index (χ2n) is 5.05. The van der Waals surface area contributed by atoms with Crippen LogP contribution in [0.4, 0.5) is 4.79 Å². The lowest BCUT2D eigenvalue weighted by Gasteiger charge is -2.22. The Morgan fingerprint density at radius 2 is 2.15 bits per heavy atom. The maximum Gasteiger partial charge on any atom is 0.408 e. The summed E-state index contributed by atoms with van der Waals surface area (Å²) in [6.45, 7) is 5.24. The maximum absolute atomic E-state index is 11.8. The van der Waals surface area contributed by atoms with E-state index >= 15 is 0 Å². The molecule has 1 heterocycles. The van der Waals surface area contributed by atoms with E-state index in [1.807, 2.05) is 17.5 Å². The molecule has 0 aliphatic rings. The van der Waals surface area contributed by atoms with E-state index in [4.69, 9.17) is 21.1 Å². The summed E-state index contributed by atoms with van der Waals surface area (Å²) >= 11 is 6.88. The van der Waals surface area contributed by atoms with Crippen LogP contribution in [0.2, 0.25) is 0 Å². The third-order valence-corrected chi connectivity index (χ3v) is 3.17. The molecule has 5 nitrogen and oxygen atoms in total. The smallest absolute Gasteiger partial charge is 0.408 e. The number of hydrogen-bond donors (Lipinski definition) is 1. The highest BCUT2D eigenvalue weighted by Crippen LogP contribution is 2.13. The molecule has 112 valence electrons. The first kappa shape index (κ1) is 16.8. The topological polar surface area (TPSA) is 64.6 Å². The summed E-state index contributed by atoms with van der Waals surface area (Å²) in [7, 11) is 0. The van der Waals surface area contributed by atoms with E-state index in [1.54, 1.807) is 20.8 Å². The molecule has 0 bridgehead atoms. The molecule has 0 unspecified atom stereocenters. The minimum absolute atomic E-state index is 0.254. The summed E-state index contributed by atoms with van der Waals surface area (Å²) in [5.74, 6) is -0.584. The minimum atomic E-state index is -0.817. The van der Waals surface area contributed by atoms with Gasteiger partial charge >= 0.3 is 12.1 Å². The Balaban J connectivity index is 2.67. The third-order valence-electron chi connectivity index (χ3n) is 2.16. The zero-order valence-corrected chi connectivity index (χ0v) is 13.2. The van der Waals surface area contributed by atoms with Crippen molar-refractivity contribution in [3.8, 4) is 0 Å². The molecule has 1 aromatic rings. The van der Waals surface area contributed by atoms with Crippen LogP contribution in [-0.2, 0) is 20.7 Å². The van der Waals surface area contributed by atoms with Crippen LogP contribution in [0, 0.1) is 0 Å². The van der Waals surface area contributed by atoms with E-state index in [0.29, 0.717) is 6.42 Å². The van der Waals surface area contributed by atoms with Crippen LogP contribution in [0.5, 0.6) is 0 Å². The summed E-state index contributed by atoms with van der Waals surface area (Å²) in [5.41, 5.74) is -0.631. The molecule has 7 heteroatoms. The molecule has 1 amide bonds. The number of carbonyl (C=O) groups excluding carboxylic acids is 2. The van der Waals surface area contributed by atoms with Crippen LogP contribution in [0.25, 0.3) is 0 Å². The van der Waals surface area contributed by atoms with Crippen molar-refractivity contribution in [3.63, 3.8) is 0 Å². The number of hydrogen-bond acceptors (Lipinski definition) is 5. The van der Waals surface area contributed by atoms with Crippen molar-refractivity contribution >= 4 is 35.0 Å². The largest absolute Gasteiger partial charge is 0.448 e. The van der Waals surface area contributed by atoms with Crippen LogP contribution in [0.3, 0.4) is 0 Å². The molecule has 1 aromatic heterocycles. The SMILES string of the molecule is CC(C)(C)OC(=O)N[C@H](Cc1cccs1)C(=O)OCCl. The number of thiophene rings is 1. The van der Waals surface area contributed by atoms with Crippen molar-refractivity contribution in [3.05, 3.63) is 22.4 Å². The molecule has 0 aliphatic heterocycles. The number of amides is 1. The number of alkyl carbamates (subject to hydrolysis) is 1. The second-order valence-corrected chi connectivity index (χ2v) is 6.31. The molecule has 20 heavy (non-hydrogen) atoms. The monoisotopic (exact) mass is 319 g/mol. The Morgan fingerprint density at radius 1 is 1.45 bits per heavy atom. The fourth-order valence-corrected chi connectivity index (χ4v) is 2.29. The van der Waals surface area contributed by atoms with Crippen molar-refractivity contribution < 1.29 is 19.1 Å². The first-order valence-corrected chi connectivity index (χ1v) is 7.48. The molecule has 0 radical (unpaired) electrons. The van der Waals surface area contributed by atoms with Gasteiger partial charge in [-0.2, -0.15) is 0 Å². The molecule has 1 atom stereocenters. The molecule has 0 spiro atoms. The molecule has 0 saturated carbocycles. The van der Waals surface area contributed by atoms with Gasteiger partial charge in [0, 0.05) is 11.3 Å². The number of esters is 1. The molecule has 0 aromatic carbocycles. The predicted molar refractivity (Wildman–Crippen MR) is 78.0 cm³/mol. The second kappa shape index (κ2) is 7.50. The third kappa shape index (κ3) is 6.25. The van der Waals surface area contributed by atoms with Gasteiger partial charge in [-0.3, -0.25) is 0 Å². The molecule has 1 N–H and O–H groups in total. The van der Waals surface area contributed by atoms with Crippen LogP contribution in [0.1, 0.15) is 25.6 Å².